The minimum absolute atomic E-state index is 0.310. The van der Waals surface area contributed by atoms with E-state index >= 15 is 0 Å². The minimum Gasteiger partial charge on any atom is -0.476 e. The van der Waals surface area contributed by atoms with Gasteiger partial charge >= 0.3 is 12.1 Å². The van der Waals surface area contributed by atoms with Crippen molar-refractivity contribution in [3.63, 3.8) is 0 Å². The first-order valence-electron chi connectivity index (χ1n) is 4.41. The molecular weight excluding hydrogens is 321 g/mol. The van der Waals surface area contributed by atoms with E-state index in [1.165, 1.54) is 0 Å². The van der Waals surface area contributed by atoms with Crippen molar-refractivity contribution in [2.24, 2.45) is 0 Å². The third-order valence-electron chi connectivity index (χ3n) is 1.76. The summed E-state index contributed by atoms with van der Waals surface area (Å²) in [5, 5.41) is 10.9. The number of nitrogens with one attached hydrogen (secondary N) is 1. The molecule has 0 aliphatic heterocycles. The molecule has 0 saturated heterocycles. The predicted octanol–water partition coefficient (Wildman–Crippen LogP) is 2.52. The number of carbonyl (C=O) groups excluding carboxylic acids is 1. The predicted molar refractivity (Wildman–Crippen MR) is 58.2 cm³/mol. The number of carboxylic acid groups (broad SMARTS) is 1. The van der Waals surface area contributed by atoms with Crippen molar-refractivity contribution >= 4 is 33.5 Å². The molecule has 0 aromatic carbocycles. The molecule has 1 heterocycles. The number of aromatic nitrogens is 1. The van der Waals surface area contributed by atoms with Crippen LogP contribution in [-0.4, -0.2) is 22.0 Å². The SMILES string of the molecule is CC(=O)Nc1cc(Br)c(C(F)(F)F)nc1C(=O)O. The van der Waals surface area contributed by atoms with Gasteiger partial charge in [0.15, 0.2) is 11.4 Å². The van der Waals surface area contributed by atoms with Gasteiger partial charge in [-0.1, -0.05) is 0 Å². The Kier molecular flexibility index (Phi) is 3.95. The van der Waals surface area contributed by atoms with Gasteiger partial charge in [-0.15, -0.1) is 0 Å². The molecule has 18 heavy (non-hydrogen) atoms. The van der Waals surface area contributed by atoms with Gasteiger partial charge in [-0.05, 0) is 22.0 Å². The zero-order chi connectivity index (χ0) is 14.1. The van der Waals surface area contributed by atoms with Crippen LogP contribution in [0, 0.1) is 0 Å². The van der Waals surface area contributed by atoms with Crippen molar-refractivity contribution < 1.29 is 27.9 Å². The van der Waals surface area contributed by atoms with Crippen LogP contribution in [0.2, 0.25) is 0 Å². The molecule has 0 saturated carbocycles. The lowest BCUT2D eigenvalue weighted by atomic mass is 10.2. The topological polar surface area (TPSA) is 79.3 Å². The first-order chi connectivity index (χ1) is 8.12. The second kappa shape index (κ2) is 4.92. The maximum atomic E-state index is 12.5. The largest absolute Gasteiger partial charge is 0.476 e. The molecule has 2 N–H and O–H groups in total. The summed E-state index contributed by atoms with van der Waals surface area (Å²) in [7, 11) is 0. The van der Waals surface area contributed by atoms with Crippen LogP contribution in [0.3, 0.4) is 0 Å². The Hall–Kier alpha value is -1.64. The van der Waals surface area contributed by atoms with Gasteiger partial charge in [0.2, 0.25) is 5.91 Å². The summed E-state index contributed by atoms with van der Waals surface area (Å²) in [5.74, 6) is -2.29. The smallest absolute Gasteiger partial charge is 0.434 e. The van der Waals surface area contributed by atoms with Crippen LogP contribution in [0.1, 0.15) is 23.1 Å². The summed E-state index contributed by atoms with van der Waals surface area (Å²) in [6.07, 6.45) is -4.79. The van der Waals surface area contributed by atoms with E-state index in [-0.39, 0.29) is 5.69 Å². The van der Waals surface area contributed by atoms with Gasteiger partial charge in [-0.25, -0.2) is 9.78 Å². The molecule has 9 heteroatoms. The fourth-order valence-electron chi connectivity index (χ4n) is 1.14. The second-order valence-electron chi connectivity index (χ2n) is 3.20. The van der Waals surface area contributed by atoms with E-state index in [4.69, 9.17) is 5.11 Å². The lowest BCUT2D eigenvalue weighted by Crippen LogP contribution is -2.17. The number of amides is 1. The van der Waals surface area contributed by atoms with Crippen molar-refractivity contribution in [2.45, 2.75) is 13.1 Å². The number of aromatic carboxylic acids is 1. The standard InChI is InChI=1S/C9H6BrF3N2O3/c1-3(16)14-5-2-4(10)7(9(11,12)13)15-6(5)8(17)18/h2H,1H3,(H,14,16)(H,17,18). The van der Waals surface area contributed by atoms with Crippen molar-refractivity contribution in [3.05, 3.63) is 21.9 Å². The number of hydrogen-bond donors (Lipinski definition) is 2. The third-order valence-corrected chi connectivity index (χ3v) is 2.36. The molecular formula is C9H6BrF3N2O3. The van der Waals surface area contributed by atoms with E-state index in [0.29, 0.717) is 0 Å². The first-order valence-corrected chi connectivity index (χ1v) is 5.21. The molecule has 1 aromatic heterocycles. The number of rotatable bonds is 2. The second-order valence-corrected chi connectivity index (χ2v) is 4.05. The molecule has 0 bridgehead atoms. The summed E-state index contributed by atoms with van der Waals surface area (Å²) in [5.41, 5.74) is -2.55. The summed E-state index contributed by atoms with van der Waals surface area (Å²) in [6, 6.07) is 0.848. The van der Waals surface area contributed by atoms with Crippen molar-refractivity contribution in [3.8, 4) is 0 Å². The summed E-state index contributed by atoms with van der Waals surface area (Å²) < 4.78 is 37.1. The number of halogens is 4. The highest BCUT2D eigenvalue weighted by Crippen LogP contribution is 2.35. The fourth-order valence-corrected chi connectivity index (χ4v) is 1.68. The number of nitrogens with zero attached hydrogens (tertiary/aromatic N) is 1. The maximum Gasteiger partial charge on any atom is 0.434 e. The third kappa shape index (κ3) is 3.19. The number of hydrogen-bond acceptors (Lipinski definition) is 3. The zero-order valence-corrected chi connectivity index (χ0v) is 10.4. The summed E-state index contributed by atoms with van der Waals surface area (Å²) >= 11 is 2.63. The van der Waals surface area contributed by atoms with E-state index in [1.54, 1.807) is 0 Å². The Balaban J connectivity index is 3.44. The highest BCUT2D eigenvalue weighted by molar-refractivity contribution is 9.10. The van der Waals surface area contributed by atoms with Gasteiger partial charge in [0.25, 0.3) is 0 Å². The summed E-state index contributed by atoms with van der Waals surface area (Å²) in [4.78, 5) is 24.6. The Labute approximate surface area is 107 Å². The van der Waals surface area contributed by atoms with Gasteiger partial charge in [0, 0.05) is 6.92 Å². The van der Waals surface area contributed by atoms with E-state index in [0.717, 1.165) is 13.0 Å². The molecule has 0 aliphatic carbocycles. The van der Waals surface area contributed by atoms with E-state index < -0.39 is 33.9 Å². The van der Waals surface area contributed by atoms with Crippen LogP contribution in [0.4, 0.5) is 18.9 Å². The van der Waals surface area contributed by atoms with Crippen LogP contribution in [-0.2, 0) is 11.0 Å². The Morgan fingerprint density at radius 2 is 2.00 bits per heavy atom. The van der Waals surface area contributed by atoms with Crippen molar-refractivity contribution in [1.82, 2.24) is 4.98 Å². The van der Waals surface area contributed by atoms with Gasteiger partial charge in [-0.2, -0.15) is 13.2 Å². The molecule has 0 aliphatic rings. The number of pyridine rings is 1. The van der Waals surface area contributed by atoms with Crippen LogP contribution < -0.4 is 5.32 Å². The maximum absolute atomic E-state index is 12.5. The highest BCUT2D eigenvalue weighted by Gasteiger charge is 2.36. The zero-order valence-electron chi connectivity index (χ0n) is 8.80. The average Bonchev–Trinajstić information content (AvgIpc) is 2.13. The quantitative estimate of drug-likeness (QED) is 0.875. The Morgan fingerprint density at radius 3 is 2.39 bits per heavy atom. The molecule has 0 unspecified atom stereocenters. The highest BCUT2D eigenvalue weighted by atomic mass is 79.9. The molecule has 0 atom stereocenters. The van der Waals surface area contributed by atoms with Crippen LogP contribution >= 0.6 is 15.9 Å². The Morgan fingerprint density at radius 1 is 1.44 bits per heavy atom. The molecule has 0 spiro atoms. The average molecular weight is 327 g/mol. The van der Waals surface area contributed by atoms with Crippen LogP contribution in [0.25, 0.3) is 0 Å². The number of carboxylic acids is 1. The van der Waals surface area contributed by atoms with Gasteiger partial charge in [0.05, 0.1) is 10.2 Å². The number of carbonyl (C=O) groups is 2. The molecule has 0 radical (unpaired) electrons. The minimum atomic E-state index is -4.79. The number of alkyl halides is 3. The lowest BCUT2D eigenvalue weighted by Gasteiger charge is -2.12. The van der Waals surface area contributed by atoms with Gasteiger partial charge < -0.3 is 10.4 Å². The fraction of sp³-hybridized carbons (Fsp3) is 0.222. The molecule has 1 amide bonds. The van der Waals surface area contributed by atoms with Crippen molar-refractivity contribution in [2.75, 3.05) is 5.32 Å². The summed E-state index contributed by atoms with van der Waals surface area (Å²) in [6.45, 7) is 1.09. The molecule has 1 rings (SSSR count). The van der Waals surface area contributed by atoms with Gasteiger partial charge in [0.1, 0.15) is 0 Å². The van der Waals surface area contributed by atoms with Crippen molar-refractivity contribution in [1.29, 1.82) is 0 Å². The van der Waals surface area contributed by atoms with E-state index in [9.17, 15) is 22.8 Å². The molecule has 1 aromatic rings. The van der Waals surface area contributed by atoms with Gasteiger partial charge in [-0.3, -0.25) is 4.79 Å². The molecule has 0 fully saturated rings. The van der Waals surface area contributed by atoms with E-state index in [1.807, 2.05) is 0 Å². The monoisotopic (exact) mass is 326 g/mol. The Bertz CT molecular complexity index is 517. The molecule has 98 valence electrons. The number of anilines is 1. The van der Waals surface area contributed by atoms with E-state index in [2.05, 4.69) is 26.2 Å². The molecule has 5 nitrogen and oxygen atoms in total. The van der Waals surface area contributed by atoms with Crippen LogP contribution in [0.5, 0.6) is 0 Å². The first kappa shape index (κ1) is 14.4. The lowest BCUT2D eigenvalue weighted by molar-refractivity contribution is -0.141. The van der Waals surface area contributed by atoms with Crippen LogP contribution in [0.15, 0.2) is 10.5 Å². The normalized spacial score (nSPS) is 11.2.